The van der Waals surface area contributed by atoms with Gasteiger partial charge in [-0.05, 0) is 36.8 Å². The highest BCUT2D eigenvalue weighted by molar-refractivity contribution is 9.10. The first kappa shape index (κ1) is 20.0. The maximum Gasteiger partial charge on any atom is 0.262 e. The number of thioether (sulfide) groups is 1. The molecule has 0 unspecified atom stereocenters. The fourth-order valence-corrected chi connectivity index (χ4v) is 4.67. The maximum absolute atomic E-state index is 13.0. The first-order valence-corrected chi connectivity index (χ1v) is 11.2. The number of hydrogen-bond donors (Lipinski definition) is 0. The summed E-state index contributed by atoms with van der Waals surface area (Å²) in [6.07, 6.45) is 1.92. The summed E-state index contributed by atoms with van der Waals surface area (Å²) in [6, 6.07) is 13.6. The zero-order chi connectivity index (χ0) is 20.4. The highest BCUT2D eigenvalue weighted by Crippen LogP contribution is 2.30. The van der Waals surface area contributed by atoms with Crippen LogP contribution >= 0.6 is 27.7 Å². The molecular weight excluding hydrogens is 452 g/mol. The van der Waals surface area contributed by atoms with Crippen molar-refractivity contribution < 1.29 is 4.74 Å². The van der Waals surface area contributed by atoms with Crippen molar-refractivity contribution in [3.8, 4) is 5.75 Å². The molecule has 0 radical (unpaired) electrons. The monoisotopic (exact) mass is 472 g/mol. The Labute approximate surface area is 181 Å². The Morgan fingerprint density at radius 2 is 2.00 bits per heavy atom. The lowest BCUT2D eigenvalue weighted by molar-refractivity contribution is 0.411. The topological polar surface area (TPSA) is 61.4 Å². The van der Waals surface area contributed by atoms with E-state index >= 15 is 0 Å². The molecule has 29 heavy (non-hydrogen) atoms. The van der Waals surface area contributed by atoms with Gasteiger partial charge in [-0.3, -0.25) is 13.8 Å². The number of rotatable bonds is 7. The van der Waals surface area contributed by atoms with E-state index in [1.165, 1.54) is 0 Å². The smallest absolute Gasteiger partial charge is 0.262 e. The summed E-state index contributed by atoms with van der Waals surface area (Å²) >= 11 is 5.10. The number of hydrogen-bond acceptors (Lipinski definition) is 5. The summed E-state index contributed by atoms with van der Waals surface area (Å²) in [5, 5.41) is 10.2. The van der Waals surface area contributed by atoms with E-state index in [-0.39, 0.29) is 5.56 Å². The molecule has 0 atom stereocenters. The van der Waals surface area contributed by atoms with Gasteiger partial charge in [-0.1, -0.05) is 53.2 Å². The number of methoxy groups -OCH3 is 1. The zero-order valence-electron chi connectivity index (χ0n) is 16.3. The molecule has 2 heterocycles. The van der Waals surface area contributed by atoms with E-state index in [4.69, 9.17) is 4.74 Å². The van der Waals surface area contributed by atoms with Crippen LogP contribution in [0.4, 0.5) is 0 Å². The van der Waals surface area contributed by atoms with Gasteiger partial charge in [0.05, 0.1) is 18.0 Å². The fraction of sp³-hybridized carbons (Fsp3) is 0.286. The molecule has 8 heteroatoms. The van der Waals surface area contributed by atoms with E-state index in [9.17, 15) is 4.79 Å². The van der Waals surface area contributed by atoms with Crippen molar-refractivity contribution in [2.45, 2.75) is 37.2 Å². The molecule has 6 nitrogen and oxygen atoms in total. The van der Waals surface area contributed by atoms with Gasteiger partial charge < -0.3 is 4.74 Å². The van der Waals surface area contributed by atoms with Gasteiger partial charge in [0, 0.05) is 22.3 Å². The predicted molar refractivity (Wildman–Crippen MR) is 120 cm³/mol. The van der Waals surface area contributed by atoms with E-state index < -0.39 is 0 Å². The number of ether oxygens (including phenoxy) is 1. The maximum atomic E-state index is 13.0. The number of halogens is 1. The SMILES string of the molecule is CCCCn1c(=O)c2ccccc2n2c(SCc3cc(Br)ccc3OC)nnc12. The number of unbranched alkanes of at least 4 members (excludes halogenated alkanes) is 1. The van der Waals surface area contributed by atoms with Crippen LogP contribution in [0.2, 0.25) is 0 Å². The van der Waals surface area contributed by atoms with Crippen molar-refractivity contribution in [3.05, 3.63) is 62.9 Å². The van der Waals surface area contributed by atoms with Gasteiger partial charge in [0.15, 0.2) is 5.16 Å². The van der Waals surface area contributed by atoms with Crippen LogP contribution in [0.5, 0.6) is 5.75 Å². The van der Waals surface area contributed by atoms with Crippen molar-refractivity contribution in [1.82, 2.24) is 19.2 Å². The first-order valence-electron chi connectivity index (χ1n) is 9.46. The highest BCUT2D eigenvalue weighted by Gasteiger charge is 2.17. The number of fused-ring (bicyclic) bond motifs is 3. The highest BCUT2D eigenvalue weighted by atomic mass is 79.9. The van der Waals surface area contributed by atoms with E-state index in [1.54, 1.807) is 23.4 Å². The Morgan fingerprint density at radius 3 is 2.79 bits per heavy atom. The molecule has 0 spiro atoms. The first-order chi connectivity index (χ1) is 14.1. The Morgan fingerprint density at radius 1 is 1.17 bits per heavy atom. The summed E-state index contributed by atoms with van der Waals surface area (Å²) in [6.45, 7) is 2.74. The molecule has 4 rings (SSSR count). The third-order valence-electron chi connectivity index (χ3n) is 4.81. The van der Waals surface area contributed by atoms with Crippen LogP contribution < -0.4 is 10.3 Å². The van der Waals surface area contributed by atoms with E-state index in [2.05, 4.69) is 33.1 Å². The minimum Gasteiger partial charge on any atom is -0.496 e. The standard InChI is InChI=1S/C21H21BrN4O2S/c1-3-4-11-25-19(27)16-7-5-6-8-17(16)26-20(25)23-24-21(26)29-13-14-12-15(22)9-10-18(14)28-2/h5-10,12H,3-4,11,13H2,1-2H3. The van der Waals surface area contributed by atoms with Crippen molar-refractivity contribution in [2.75, 3.05) is 7.11 Å². The number of para-hydroxylation sites is 1. The molecule has 2 aromatic carbocycles. The van der Waals surface area contributed by atoms with Crippen LogP contribution in [0.15, 0.2) is 56.9 Å². The van der Waals surface area contributed by atoms with Gasteiger partial charge in [0.1, 0.15) is 5.75 Å². The van der Waals surface area contributed by atoms with E-state index in [0.29, 0.717) is 23.5 Å². The average Bonchev–Trinajstić information content (AvgIpc) is 3.16. The van der Waals surface area contributed by atoms with Gasteiger partial charge in [-0.15, -0.1) is 10.2 Å². The predicted octanol–water partition coefficient (Wildman–Crippen LogP) is 4.91. The Balaban J connectivity index is 1.81. The summed E-state index contributed by atoms with van der Waals surface area (Å²) in [5.74, 6) is 2.09. The Kier molecular flexibility index (Phi) is 5.91. The lowest BCUT2D eigenvalue weighted by atomic mass is 10.2. The van der Waals surface area contributed by atoms with Crippen molar-refractivity contribution >= 4 is 44.4 Å². The van der Waals surface area contributed by atoms with Crippen molar-refractivity contribution in [2.24, 2.45) is 0 Å². The minimum atomic E-state index is -0.0147. The minimum absolute atomic E-state index is 0.0147. The van der Waals surface area contributed by atoms with Gasteiger partial charge in [-0.2, -0.15) is 0 Å². The summed E-state index contributed by atoms with van der Waals surface area (Å²) < 4.78 is 10.2. The Bertz CT molecular complexity index is 1230. The normalized spacial score (nSPS) is 11.4. The molecule has 4 aromatic rings. The Hall–Kier alpha value is -2.32. The fourth-order valence-electron chi connectivity index (χ4n) is 3.35. The molecule has 0 fully saturated rings. The van der Waals surface area contributed by atoms with Gasteiger partial charge in [0.25, 0.3) is 5.56 Å². The van der Waals surface area contributed by atoms with Crippen LogP contribution in [0.25, 0.3) is 16.7 Å². The number of nitrogens with zero attached hydrogens (tertiary/aromatic N) is 4. The summed E-state index contributed by atoms with van der Waals surface area (Å²) in [7, 11) is 1.67. The number of benzene rings is 2. The van der Waals surface area contributed by atoms with Crippen LogP contribution in [-0.4, -0.2) is 26.3 Å². The lowest BCUT2D eigenvalue weighted by Gasteiger charge is -2.11. The molecule has 0 N–H and O–H groups in total. The van der Waals surface area contributed by atoms with Crippen LogP contribution in [0.3, 0.4) is 0 Å². The molecule has 0 aliphatic heterocycles. The van der Waals surface area contributed by atoms with E-state index in [1.807, 2.05) is 46.9 Å². The molecule has 0 saturated carbocycles. The third-order valence-corrected chi connectivity index (χ3v) is 6.28. The second kappa shape index (κ2) is 8.59. The van der Waals surface area contributed by atoms with Gasteiger partial charge in [-0.25, -0.2) is 0 Å². The molecule has 2 aromatic heterocycles. The third kappa shape index (κ3) is 3.79. The molecular formula is C21H21BrN4O2S. The molecule has 0 bridgehead atoms. The second-order valence-corrected chi connectivity index (χ2v) is 8.55. The van der Waals surface area contributed by atoms with Gasteiger partial charge >= 0.3 is 0 Å². The van der Waals surface area contributed by atoms with Crippen LogP contribution in [0, 0.1) is 0 Å². The number of aryl methyl sites for hydroxylation is 1. The molecule has 0 aliphatic rings. The van der Waals surface area contributed by atoms with Crippen LogP contribution in [0.1, 0.15) is 25.3 Å². The zero-order valence-corrected chi connectivity index (χ0v) is 18.7. The summed E-state index contributed by atoms with van der Waals surface area (Å²) in [4.78, 5) is 13.0. The summed E-state index contributed by atoms with van der Waals surface area (Å²) in [5.41, 5.74) is 1.88. The quantitative estimate of drug-likeness (QED) is 0.357. The van der Waals surface area contributed by atoms with Crippen molar-refractivity contribution in [1.29, 1.82) is 0 Å². The molecule has 0 saturated heterocycles. The molecule has 150 valence electrons. The molecule has 0 aliphatic carbocycles. The lowest BCUT2D eigenvalue weighted by Crippen LogP contribution is -2.23. The van der Waals surface area contributed by atoms with Crippen molar-refractivity contribution in [3.63, 3.8) is 0 Å². The number of aromatic nitrogens is 4. The van der Waals surface area contributed by atoms with Gasteiger partial charge in [0.2, 0.25) is 5.78 Å². The second-order valence-electron chi connectivity index (χ2n) is 6.69. The largest absolute Gasteiger partial charge is 0.496 e. The van der Waals surface area contributed by atoms with E-state index in [0.717, 1.165) is 39.3 Å². The average molecular weight is 473 g/mol. The van der Waals surface area contributed by atoms with Crippen LogP contribution in [-0.2, 0) is 12.3 Å². The molecule has 0 amide bonds.